The van der Waals surface area contributed by atoms with Crippen LogP contribution in [0.1, 0.15) is 35.7 Å². The zero-order chi connectivity index (χ0) is 18.4. The van der Waals surface area contributed by atoms with Gasteiger partial charge in [-0.1, -0.05) is 0 Å². The molecule has 2 aliphatic rings. The lowest BCUT2D eigenvalue weighted by atomic mass is 9.90. The van der Waals surface area contributed by atoms with Crippen LogP contribution in [-0.2, 0) is 21.2 Å². The van der Waals surface area contributed by atoms with E-state index >= 15 is 0 Å². The molecule has 0 saturated carbocycles. The molecule has 0 aliphatic carbocycles. The van der Waals surface area contributed by atoms with Gasteiger partial charge in [-0.3, -0.25) is 13.9 Å². The lowest BCUT2D eigenvalue weighted by Gasteiger charge is -2.29. The highest BCUT2D eigenvalue weighted by Crippen LogP contribution is 2.33. The van der Waals surface area contributed by atoms with Crippen LogP contribution in [0.4, 0.5) is 5.69 Å². The summed E-state index contributed by atoms with van der Waals surface area (Å²) in [6, 6.07) is 5.04. The zero-order valence-corrected chi connectivity index (χ0v) is 15.2. The maximum Gasteiger partial charge on any atom is 0.311 e. The molecule has 0 bridgehead atoms. The first-order valence-corrected chi connectivity index (χ1v) is 10.1. The number of likely N-dealkylation sites (tertiary alicyclic amines) is 1. The summed E-state index contributed by atoms with van der Waals surface area (Å²) >= 11 is 0. The second-order valence-corrected chi connectivity index (χ2v) is 9.03. The number of rotatable bonds is 3. The predicted octanol–water partition coefficient (Wildman–Crippen LogP) is 1.34. The number of hydrogen-bond donors (Lipinski definition) is 1. The van der Waals surface area contributed by atoms with E-state index in [2.05, 4.69) is 0 Å². The minimum absolute atomic E-state index is 0.188. The van der Waals surface area contributed by atoms with Crippen LogP contribution in [0.2, 0.25) is 0 Å². The first-order valence-electron chi connectivity index (χ1n) is 8.25. The standard InChI is InChI=1S/C17H22N2O5S/c1-17(16(21)22)7-9-18(11-17)15(20)13-5-6-14-12(10-13)4-3-8-19(14)25(2,23)24/h5-6,10H,3-4,7-9,11H2,1-2H3,(H,21,22). The Morgan fingerprint density at radius 1 is 1.24 bits per heavy atom. The lowest BCUT2D eigenvalue weighted by Crippen LogP contribution is -2.36. The third-order valence-electron chi connectivity index (χ3n) is 5.08. The van der Waals surface area contributed by atoms with Crippen molar-refractivity contribution in [1.82, 2.24) is 4.90 Å². The monoisotopic (exact) mass is 366 g/mol. The Morgan fingerprint density at radius 3 is 2.56 bits per heavy atom. The van der Waals surface area contributed by atoms with Crippen molar-refractivity contribution in [3.63, 3.8) is 0 Å². The normalized spacial score (nSPS) is 23.4. The SMILES string of the molecule is CC1(C(=O)O)CCN(C(=O)c2ccc3c(c2)CCCN3S(C)(=O)=O)C1. The fourth-order valence-electron chi connectivity index (χ4n) is 3.53. The van der Waals surface area contributed by atoms with Crippen molar-refractivity contribution in [1.29, 1.82) is 0 Å². The number of hydrogen-bond acceptors (Lipinski definition) is 4. The van der Waals surface area contributed by atoms with Gasteiger partial charge in [0.05, 0.1) is 17.4 Å². The van der Waals surface area contributed by atoms with Gasteiger partial charge in [0.2, 0.25) is 10.0 Å². The molecule has 2 heterocycles. The molecule has 25 heavy (non-hydrogen) atoms. The van der Waals surface area contributed by atoms with E-state index in [0.717, 1.165) is 12.0 Å². The van der Waals surface area contributed by atoms with Crippen LogP contribution in [0, 0.1) is 5.41 Å². The summed E-state index contributed by atoms with van der Waals surface area (Å²) in [6.45, 7) is 2.70. The van der Waals surface area contributed by atoms with Gasteiger partial charge in [-0.05, 0) is 49.9 Å². The van der Waals surface area contributed by atoms with Crippen molar-refractivity contribution < 1.29 is 23.1 Å². The average Bonchev–Trinajstić information content (AvgIpc) is 2.96. The molecule has 1 atom stereocenters. The number of carbonyl (C=O) groups excluding carboxylic acids is 1. The molecule has 1 amide bonds. The Kier molecular flexibility index (Phi) is 4.26. The highest BCUT2D eigenvalue weighted by Gasteiger charge is 2.42. The molecule has 1 fully saturated rings. The number of nitrogens with zero attached hydrogens (tertiary/aromatic N) is 2. The molecule has 1 saturated heterocycles. The molecule has 1 N–H and O–H groups in total. The van der Waals surface area contributed by atoms with Gasteiger partial charge in [0, 0.05) is 25.2 Å². The second kappa shape index (κ2) is 6.01. The average molecular weight is 366 g/mol. The Labute approximate surface area is 147 Å². The summed E-state index contributed by atoms with van der Waals surface area (Å²) in [5.41, 5.74) is 1.03. The third-order valence-corrected chi connectivity index (χ3v) is 6.26. The summed E-state index contributed by atoms with van der Waals surface area (Å²) in [7, 11) is -3.34. The van der Waals surface area contributed by atoms with Gasteiger partial charge in [0.15, 0.2) is 0 Å². The summed E-state index contributed by atoms with van der Waals surface area (Å²) < 4.78 is 25.2. The Balaban J connectivity index is 1.86. The van der Waals surface area contributed by atoms with E-state index < -0.39 is 21.4 Å². The van der Waals surface area contributed by atoms with Crippen LogP contribution in [0.3, 0.4) is 0 Å². The largest absolute Gasteiger partial charge is 0.481 e. The number of carbonyl (C=O) groups is 2. The molecule has 3 rings (SSSR count). The Morgan fingerprint density at radius 2 is 1.96 bits per heavy atom. The van der Waals surface area contributed by atoms with Crippen LogP contribution < -0.4 is 4.31 Å². The zero-order valence-electron chi connectivity index (χ0n) is 14.4. The molecular formula is C17H22N2O5S. The van der Waals surface area contributed by atoms with E-state index in [0.29, 0.717) is 37.2 Å². The van der Waals surface area contributed by atoms with Gasteiger partial charge < -0.3 is 10.0 Å². The highest BCUT2D eigenvalue weighted by molar-refractivity contribution is 7.92. The molecule has 136 valence electrons. The number of fused-ring (bicyclic) bond motifs is 1. The Hall–Kier alpha value is -2.09. The molecule has 1 aromatic carbocycles. The first kappa shape index (κ1) is 17.7. The molecule has 8 heteroatoms. The van der Waals surface area contributed by atoms with E-state index in [-0.39, 0.29) is 12.5 Å². The summed E-state index contributed by atoms with van der Waals surface area (Å²) in [5.74, 6) is -1.10. The van der Waals surface area contributed by atoms with Crippen LogP contribution in [0.25, 0.3) is 0 Å². The van der Waals surface area contributed by atoms with Crippen molar-refractivity contribution in [3.8, 4) is 0 Å². The number of carboxylic acids is 1. The number of aryl methyl sites for hydroxylation is 1. The number of benzene rings is 1. The van der Waals surface area contributed by atoms with E-state index in [9.17, 15) is 23.1 Å². The van der Waals surface area contributed by atoms with Crippen molar-refractivity contribution in [2.45, 2.75) is 26.2 Å². The number of amides is 1. The van der Waals surface area contributed by atoms with Gasteiger partial charge in [-0.25, -0.2) is 8.42 Å². The quantitative estimate of drug-likeness (QED) is 0.871. The van der Waals surface area contributed by atoms with Gasteiger partial charge in [0.25, 0.3) is 5.91 Å². The van der Waals surface area contributed by atoms with E-state index in [4.69, 9.17) is 0 Å². The summed E-state index contributed by atoms with van der Waals surface area (Å²) in [4.78, 5) is 25.6. The molecule has 1 aromatic rings. The molecule has 1 unspecified atom stereocenters. The molecule has 0 radical (unpaired) electrons. The molecule has 7 nitrogen and oxygen atoms in total. The van der Waals surface area contributed by atoms with Crippen molar-refractivity contribution >= 4 is 27.6 Å². The summed E-state index contributed by atoms with van der Waals surface area (Å²) in [6.07, 6.45) is 3.03. The number of anilines is 1. The number of carboxylic acid groups (broad SMARTS) is 1. The van der Waals surface area contributed by atoms with Crippen LogP contribution >= 0.6 is 0 Å². The third kappa shape index (κ3) is 3.22. The van der Waals surface area contributed by atoms with Crippen molar-refractivity contribution in [2.24, 2.45) is 5.41 Å². The number of sulfonamides is 1. The number of aliphatic carboxylic acids is 1. The fraction of sp³-hybridized carbons (Fsp3) is 0.529. The van der Waals surface area contributed by atoms with Gasteiger partial charge in [-0.2, -0.15) is 0 Å². The lowest BCUT2D eigenvalue weighted by molar-refractivity contribution is -0.147. The van der Waals surface area contributed by atoms with Gasteiger partial charge >= 0.3 is 5.97 Å². The highest BCUT2D eigenvalue weighted by atomic mass is 32.2. The Bertz CT molecular complexity index is 835. The van der Waals surface area contributed by atoms with Gasteiger partial charge in [-0.15, -0.1) is 0 Å². The topological polar surface area (TPSA) is 95.0 Å². The smallest absolute Gasteiger partial charge is 0.311 e. The minimum Gasteiger partial charge on any atom is -0.481 e. The van der Waals surface area contributed by atoms with E-state index in [1.54, 1.807) is 30.0 Å². The van der Waals surface area contributed by atoms with E-state index in [1.807, 2.05) is 0 Å². The second-order valence-electron chi connectivity index (χ2n) is 7.12. The van der Waals surface area contributed by atoms with Crippen LogP contribution in [0.5, 0.6) is 0 Å². The maximum absolute atomic E-state index is 12.7. The summed E-state index contributed by atoms with van der Waals surface area (Å²) in [5, 5.41) is 9.31. The minimum atomic E-state index is -3.34. The van der Waals surface area contributed by atoms with Crippen LogP contribution in [-0.4, -0.2) is 56.2 Å². The van der Waals surface area contributed by atoms with Crippen LogP contribution in [0.15, 0.2) is 18.2 Å². The molecule has 0 spiro atoms. The first-order chi connectivity index (χ1) is 11.6. The molecule has 2 aliphatic heterocycles. The van der Waals surface area contributed by atoms with Crippen molar-refractivity contribution in [3.05, 3.63) is 29.3 Å². The predicted molar refractivity (Wildman–Crippen MR) is 93.2 cm³/mol. The molecule has 0 aromatic heterocycles. The van der Waals surface area contributed by atoms with Gasteiger partial charge in [0.1, 0.15) is 0 Å². The van der Waals surface area contributed by atoms with E-state index in [1.165, 1.54) is 10.6 Å². The van der Waals surface area contributed by atoms with Crippen molar-refractivity contribution in [2.75, 3.05) is 30.2 Å². The fourth-order valence-corrected chi connectivity index (χ4v) is 4.53. The molecular weight excluding hydrogens is 344 g/mol. The maximum atomic E-state index is 12.7.